The standard InChI is InChI=1S/C19H17N3O2/c23-19-8-13(11-22-19)12-24-18-10-14(16-5-1-2-6-20-16)9-17-15(18)4-3-7-21-17/h1-7,9-10,13H,8,11-12H2,(H,22,23). The Bertz CT molecular complexity index is 880. The van der Waals surface area contributed by atoms with Gasteiger partial charge < -0.3 is 10.1 Å². The van der Waals surface area contributed by atoms with E-state index < -0.39 is 0 Å². The number of carbonyl (C=O) groups excluding carboxylic acids is 1. The Balaban J connectivity index is 1.68. The van der Waals surface area contributed by atoms with Crippen LogP contribution in [0.3, 0.4) is 0 Å². The quantitative estimate of drug-likeness (QED) is 0.803. The van der Waals surface area contributed by atoms with E-state index in [0.29, 0.717) is 19.6 Å². The number of amides is 1. The predicted octanol–water partition coefficient (Wildman–Crippen LogP) is 2.81. The number of nitrogens with one attached hydrogen (secondary N) is 1. The second-order valence-electron chi connectivity index (χ2n) is 5.94. The third-order valence-corrected chi connectivity index (χ3v) is 4.18. The zero-order chi connectivity index (χ0) is 16.4. The maximum absolute atomic E-state index is 11.3. The number of carbonyl (C=O) groups is 1. The van der Waals surface area contributed by atoms with E-state index in [1.165, 1.54) is 0 Å². The highest BCUT2D eigenvalue weighted by Gasteiger charge is 2.22. The third-order valence-electron chi connectivity index (χ3n) is 4.18. The molecule has 1 saturated heterocycles. The van der Waals surface area contributed by atoms with E-state index in [2.05, 4.69) is 15.3 Å². The second-order valence-corrected chi connectivity index (χ2v) is 5.94. The van der Waals surface area contributed by atoms with Crippen molar-refractivity contribution >= 4 is 16.8 Å². The van der Waals surface area contributed by atoms with Crippen LogP contribution in [0, 0.1) is 5.92 Å². The van der Waals surface area contributed by atoms with Crippen LogP contribution >= 0.6 is 0 Å². The molecular weight excluding hydrogens is 302 g/mol. The molecule has 0 radical (unpaired) electrons. The van der Waals surface area contributed by atoms with Gasteiger partial charge in [0.1, 0.15) is 5.75 Å². The van der Waals surface area contributed by atoms with Gasteiger partial charge in [-0.15, -0.1) is 0 Å². The molecule has 1 amide bonds. The Hall–Kier alpha value is -2.95. The molecule has 1 unspecified atom stereocenters. The van der Waals surface area contributed by atoms with E-state index in [9.17, 15) is 4.79 Å². The minimum absolute atomic E-state index is 0.0948. The summed E-state index contributed by atoms with van der Waals surface area (Å²) >= 11 is 0. The molecule has 5 heteroatoms. The number of fused-ring (bicyclic) bond motifs is 1. The molecule has 0 aliphatic carbocycles. The summed E-state index contributed by atoms with van der Waals surface area (Å²) in [5, 5.41) is 3.81. The fraction of sp³-hybridized carbons (Fsp3) is 0.211. The number of pyridine rings is 2. The van der Waals surface area contributed by atoms with Crippen LogP contribution in [-0.4, -0.2) is 29.0 Å². The van der Waals surface area contributed by atoms with Crippen molar-refractivity contribution in [1.29, 1.82) is 0 Å². The average Bonchev–Trinajstić information content (AvgIpc) is 3.05. The molecule has 1 aromatic carbocycles. The van der Waals surface area contributed by atoms with Gasteiger partial charge >= 0.3 is 0 Å². The molecule has 24 heavy (non-hydrogen) atoms. The molecule has 5 nitrogen and oxygen atoms in total. The van der Waals surface area contributed by atoms with Crippen molar-refractivity contribution < 1.29 is 9.53 Å². The van der Waals surface area contributed by atoms with Crippen molar-refractivity contribution in [3.8, 4) is 17.0 Å². The van der Waals surface area contributed by atoms with Gasteiger partial charge in [-0.2, -0.15) is 0 Å². The van der Waals surface area contributed by atoms with Crippen LogP contribution in [0.1, 0.15) is 6.42 Å². The average molecular weight is 319 g/mol. The van der Waals surface area contributed by atoms with E-state index in [-0.39, 0.29) is 11.8 Å². The lowest BCUT2D eigenvalue weighted by molar-refractivity contribution is -0.119. The van der Waals surface area contributed by atoms with Crippen LogP contribution in [0.5, 0.6) is 5.75 Å². The highest BCUT2D eigenvalue weighted by Crippen LogP contribution is 2.31. The van der Waals surface area contributed by atoms with Gasteiger partial charge in [-0.05, 0) is 36.4 Å². The van der Waals surface area contributed by atoms with Gasteiger partial charge in [0.15, 0.2) is 0 Å². The molecule has 1 fully saturated rings. The first-order valence-corrected chi connectivity index (χ1v) is 7.99. The minimum atomic E-state index is 0.0948. The van der Waals surface area contributed by atoms with Gasteiger partial charge in [-0.3, -0.25) is 14.8 Å². The van der Waals surface area contributed by atoms with Gasteiger partial charge in [-0.1, -0.05) is 6.07 Å². The molecule has 1 aliphatic heterocycles. The van der Waals surface area contributed by atoms with Gasteiger partial charge in [0, 0.05) is 42.2 Å². The number of benzene rings is 1. The van der Waals surface area contributed by atoms with E-state index in [1.807, 2.05) is 42.5 Å². The van der Waals surface area contributed by atoms with Gasteiger partial charge in [0.25, 0.3) is 0 Å². The lowest BCUT2D eigenvalue weighted by Gasteiger charge is -2.14. The number of hydrogen-bond donors (Lipinski definition) is 1. The number of ether oxygens (including phenoxy) is 1. The van der Waals surface area contributed by atoms with Gasteiger partial charge in [0.2, 0.25) is 5.91 Å². The highest BCUT2D eigenvalue weighted by molar-refractivity contribution is 5.89. The van der Waals surface area contributed by atoms with Crippen LogP contribution in [0.2, 0.25) is 0 Å². The number of hydrogen-bond acceptors (Lipinski definition) is 4. The van der Waals surface area contributed by atoms with Crippen LogP contribution in [-0.2, 0) is 4.79 Å². The molecule has 1 N–H and O–H groups in total. The summed E-state index contributed by atoms with van der Waals surface area (Å²) < 4.78 is 6.05. The Morgan fingerprint density at radius 2 is 2.04 bits per heavy atom. The molecule has 1 aliphatic rings. The number of nitrogens with zero attached hydrogens (tertiary/aromatic N) is 2. The maximum atomic E-state index is 11.3. The normalized spacial score (nSPS) is 17.0. The van der Waals surface area contributed by atoms with Crippen LogP contribution in [0.15, 0.2) is 54.9 Å². The third kappa shape index (κ3) is 2.93. The lowest BCUT2D eigenvalue weighted by Crippen LogP contribution is -2.16. The molecule has 3 aromatic rings. The molecule has 1 atom stereocenters. The number of rotatable bonds is 4. The second kappa shape index (κ2) is 6.28. The van der Waals surface area contributed by atoms with Crippen molar-refractivity contribution in [1.82, 2.24) is 15.3 Å². The van der Waals surface area contributed by atoms with Gasteiger partial charge in [-0.25, -0.2) is 0 Å². The first-order valence-electron chi connectivity index (χ1n) is 7.99. The summed E-state index contributed by atoms with van der Waals surface area (Å²) in [6.45, 7) is 1.18. The molecule has 120 valence electrons. The van der Waals surface area contributed by atoms with E-state index >= 15 is 0 Å². The predicted molar refractivity (Wildman–Crippen MR) is 91.6 cm³/mol. The van der Waals surface area contributed by atoms with E-state index in [0.717, 1.165) is 27.9 Å². The zero-order valence-corrected chi connectivity index (χ0v) is 13.1. The molecular formula is C19H17N3O2. The summed E-state index contributed by atoms with van der Waals surface area (Å²) in [5.41, 5.74) is 2.72. The maximum Gasteiger partial charge on any atom is 0.220 e. The number of aromatic nitrogens is 2. The summed E-state index contributed by atoms with van der Waals surface area (Å²) in [6.07, 6.45) is 4.07. The Morgan fingerprint density at radius 3 is 2.83 bits per heavy atom. The van der Waals surface area contributed by atoms with E-state index in [4.69, 9.17) is 4.74 Å². The molecule has 0 saturated carbocycles. The van der Waals surface area contributed by atoms with Crippen molar-refractivity contribution in [2.45, 2.75) is 6.42 Å². The molecule has 2 aromatic heterocycles. The Kier molecular flexibility index (Phi) is 3.83. The van der Waals surface area contributed by atoms with Crippen LogP contribution < -0.4 is 10.1 Å². The molecule has 0 bridgehead atoms. The summed E-state index contributed by atoms with van der Waals surface area (Å²) in [5.74, 6) is 1.08. The minimum Gasteiger partial charge on any atom is -0.492 e. The van der Waals surface area contributed by atoms with Crippen molar-refractivity contribution in [3.63, 3.8) is 0 Å². The first-order chi connectivity index (χ1) is 11.8. The first kappa shape index (κ1) is 14.6. The van der Waals surface area contributed by atoms with Crippen molar-refractivity contribution in [3.05, 3.63) is 54.9 Å². The smallest absolute Gasteiger partial charge is 0.220 e. The molecule has 0 spiro atoms. The van der Waals surface area contributed by atoms with Crippen molar-refractivity contribution in [2.24, 2.45) is 5.92 Å². The summed E-state index contributed by atoms with van der Waals surface area (Å²) in [6, 6.07) is 13.7. The van der Waals surface area contributed by atoms with Crippen LogP contribution in [0.25, 0.3) is 22.2 Å². The summed E-state index contributed by atoms with van der Waals surface area (Å²) in [7, 11) is 0. The SMILES string of the molecule is O=C1CC(COc2cc(-c3ccccn3)cc3ncccc23)CN1. The fourth-order valence-electron chi connectivity index (χ4n) is 2.94. The van der Waals surface area contributed by atoms with Crippen LogP contribution in [0.4, 0.5) is 0 Å². The lowest BCUT2D eigenvalue weighted by atomic mass is 10.1. The van der Waals surface area contributed by atoms with E-state index in [1.54, 1.807) is 12.4 Å². The highest BCUT2D eigenvalue weighted by atomic mass is 16.5. The van der Waals surface area contributed by atoms with Gasteiger partial charge in [0.05, 0.1) is 17.8 Å². The fourth-order valence-corrected chi connectivity index (χ4v) is 2.94. The summed E-state index contributed by atoms with van der Waals surface area (Å²) in [4.78, 5) is 20.2. The zero-order valence-electron chi connectivity index (χ0n) is 13.1. The topological polar surface area (TPSA) is 64.1 Å². The Labute approximate surface area is 139 Å². The Morgan fingerprint density at radius 1 is 1.12 bits per heavy atom. The largest absolute Gasteiger partial charge is 0.492 e. The molecule has 4 rings (SSSR count). The van der Waals surface area contributed by atoms with Crippen molar-refractivity contribution in [2.75, 3.05) is 13.2 Å². The monoisotopic (exact) mass is 319 g/mol. The molecule has 3 heterocycles.